The molecule has 0 aliphatic heterocycles. The number of hydrogen-bond donors (Lipinski definition) is 1. The van der Waals surface area contributed by atoms with Crippen LogP contribution < -0.4 is 15.2 Å². The summed E-state index contributed by atoms with van der Waals surface area (Å²) in [6.07, 6.45) is 2.69. The highest BCUT2D eigenvalue weighted by molar-refractivity contribution is 5.44. The van der Waals surface area contributed by atoms with Gasteiger partial charge < -0.3 is 15.2 Å². The van der Waals surface area contributed by atoms with E-state index in [2.05, 4.69) is 11.9 Å². The lowest BCUT2D eigenvalue weighted by Gasteiger charge is -2.11. The van der Waals surface area contributed by atoms with Gasteiger partial charge in [-0.25, -0.2) is 4.98 Å². The number of ether oxygens (including phenoxy) is 2. The number of aromatic nitrogens is 1. The van der Waals surface area contributed by atoms with Gasteiger partial charge in [0, 0.05) is 18.3 Å². The summed E-state index contributed by atoms with van der Waals surface area (Å²) in [5, 5.41) is 0. The van der Waals surface area contributed by atoms with Gasteiger partial charge in [-0.15, -0.1) is 0 Å². The first kappa shape index (κ1) is 14.3. The van der Waals surface area contributed by atoms with Crippen molar-refractivity contribution in [1.82, 2.24) is 4.98 Å². The van der Waals surface area contributed by atoms with Crippen LogP contribution in [0.4, 0.5) is 0 Å². The summed E-state index contributed by atoms with van der Waals surface area (Å²) in [6, 6.07) is 9.60. The van der Waals surface area contributed by atoms with Crippen molar-refractivity contribution in [2.24, 2.45) is 5.73 Å². The van der Waals surface area contributed by atoms with Crippen LogP contribution in [0.5, 0.6) is 17.4 Å². The third-order valence-electron chi connectivity index (χ3n) is 3.14. The second-order valence-corrected chi connectivity index (χ2v) is 4.66. The maximum Gasteiger partial charge on any atom is 0.219 e. The van der Waals surface area contributed by atoms with E-state index in [4.69, 9.17) is 15.2 Å². The zero-order chi connectivity index (χ0) is 14.5. The average Bonchev–Trinajstić information content (AvgIpc) is 2.48. The first-order valence-corrected chi connectivity index (χ1v) is 6.70. The van der Waals surface area contributed by atoms with Crippen molar-refractivity contribution in [3.05, 3.63) is 47.7 Å². The normalized spacial score (nSPS) is 12.0. The van der Waals surface area contributed by atoms with Crippen LogP contribution in [0.2, 0.25) is 0 Å². The maximum atomic E-state index is 5.79. The molecule has 1 aromatic heterocycles. The molecule has 1 atom stereocenters. The van der Waals surface area contributed by atoms with E-state index in [0.29, 0.717) is 17.4 Å². The Kier molecular flexibility index (Phi) is 4.58. The zero-order valence-electron chi connectivity index (χ0n) is 12.1. The number of aryl methyl sites for hydroxylation is 1. The third kappa shape index (κ3) is 3.27. The van der Waals surface area contributed by atoms with E-state index in [9.17, 15) is 0 Å². The summed E-state index contributed by atoms with van der Waals surface area (Å²) in [5.74, 6) is 1.89. The number of nitrogens with two attached hydrogens (primary N) is 1. The smallest absolute Gasteiger partial charge is 0.219 e. The van der Waals surface area contributed by atoms with Gasteiger partial charge in [0.1, 0.15) is 0 Å². The summed E-state index contributed by atoms with van der Waals surface area (Å²) < 4.78 is 11.1. The Morgan fingerprint density at radius 3 is 2.55 bits per heavy atom. The molecule has 0 saturated carbocycles. The summed E-state index contributed by atoms with van der Waals surface area (Å²) >= 11 is 0. The molecule has 2 rings (SSSR count). The van der Waals surface area contributed by atoms with E-state index in [1.54, 1.807) is 13.3 Å². The monoisotopic (exact) mass is 272 g/mol. The predicted molar refractivity (Wildman–Crippen MR) is 79.3 cm³/mol. The standard InChI is InChI=1S/C16H20N2O2/c1-4-12-5-7-14(15(9-12)19-3)20-16-8-6-13(10-18-16)11(2)17/h5-11H,4,17H2,1-3H3/t11-/m1/s1. The van der Waals surface area contributed by atoms with Gasteiger partial charge in [0.15, 0.2) is 11.5 Å². The van der Waals surface area contributed by atoms with Crippen molar-refractivity contribution in [2.75, 3.05) is 7.11 Å². The molecule has 0 aliphatic rings. The molecule has 1 heterocycles. The minimum absolute atomic E-state index is 0.0325. The van der Waals surface area contributed by atoms with Crippen LogP contribution in [0.25, 0.3) is 0 Å². The molecule has 0 fully saturated rings. The molecule has 0 radical (unpaired) electrons. The van der Waals surface area contributed by atoms with Gasteiger partial charge >= 0.3 is 0 Å². The number of hydrogen-bond acceptors (Lipinski definition) is 4. The molecule has 1 aromatic carbocycles. The van der Waals surface area contributed by atoms with Crippen molar-refractivity contribution < 1.29 is 9.47 Å². The van der Waals surface area contributed by atoms with Crippen LogP contribution in [0.15, 0.2) is 36.5 Å². The average molecular weight is 272 g/mol. The molecule has 0 spiro atoms. The Morgan fingerprint density at radius 1 is 1.20 bits per heavy atom. The van der Waals surface area contributed by atoms with Crippen molar-refractivity contribution >= 4 is 0 Å². The van der Waals surface area contributed by atoms with Crippen LogP contribution in [-0.2, 0) is 6.42 Å². The Labute approximate surface area is 119 Å². The first-order valence-electron chi connectivity index (χ1n) is 6.70. The van der Waals surface area contributed by atoms with Crippen molar-refractivity contribution in [1.29, 1.82) is 0 Å². The van der Waals surface area contributed by atoms with E-state index >= 15 is 0 Å². The van der Waals surface area contributed by atoms with E-state index < -0.39 is 0 Å². The van der Waals surface area contributed by atoms with Gasteiger partial charge in [-0.05, 0) is 36.6 Å². The topological polar surface area (TPSA) is 57.4 Å². The van der Waals surface area contributed by atoms with Crippen molar-refractivity contribution in [2.45, 2.75) is 26.3 Å². The fourth-order valence-corrected chi connectivity index (χ4v) is 1.85. The Bertz CT molecular complexity index is 565. The van der Waals surface area contributed by atoms with Gasteiger partial charge in [-0.2, -0.15) is 0 Å². The molecule has 0 bridgehead atoms. The molecular formula is C16H20N2O2. The van der Waals surface area contributed by atoms with Crippen LogP contribution in [0, 0.1) is 0 Å². The summed E-state index contributed by atoms with van der Waals surface area (Å²) in [7, 11) is 1.63. The highest BCUT2D eigenvalue weighted by atomic mass is 16.5. The van der Waals surface area contributed by atoms with E-state index in [0.717, 1.165) is 12.0 Å². The van der Waals surface area contributed by atoms with Crippen molar-refractivity contribution in [3.63, 3.8) is 0 Å². The summed E-state index contributed by atoms with van der Waals surface area (Å²) in [6.45, 7) is 4.02. The number of nitrogens with zero attached hydrogens (tertiary/aromatic N) is 1. The molecule has 0 amide bonds. The Hall–Kier alpha value is -2.07. The lowest BCUT2D eigenvalue weighted by Crippen LogP contribution is -2.05. The predicted octanol–water partition coefficient (Wildman–Crippen LogP) is 3.46. The van der Waals surface area contributed by atoms with Gasteiger partial charge in [-0.3, -0.25) is 0 Å². The third-order valence-corrected chi connectivity index (χ3v) is 3.14. The molecule has 0 saturated heterocycles. The molecule has 2 aromatic rings. The lowest BCUT2D eigenvalue weighted by molar-refractivity contribution is 0.373. The molecule has 0 aliphatic carbocycles. The summed E-state index contributed by atoms with van der Waals surface area (Å²) in [5.41, 5.74) is 7.97. The Morgan fingerprint density at radius 2 is 2.00 bits per heavy atom. The fraction of sp³-hybridized carbons (Fsp3) is 0.312. The van der Waals surface area contributed by atoms with Gasteiger partial charge in [-0.1, -0.05) is 19.1 Å². The SMILES string of the molecule is CCc1ccc(Oc2ccc([C@@H](C)N)cn2)c(OC)c1. The number of pyridine rings is 1. The molecule has 4 heteroatoms. The molecule has 106 valence electrons. The van der Waals surface area contributed by atoms with Crippen LogP contribution in [0.3, 0.4) is 0 Å². The zero-order valence-corrected chi connectivity index (χ0v) is 12.1. The molecular weight excluding hydrogens is 252 g/mol. The molecule has 0 unspecified atom stereocenters. The van der Waals surface area contributed by atoms with Gasteiger partial charge in [0.05, 0.1) is 7.11 Å². The fourth-order valence-electron chi connectivity index (χ4n) is 1.85. The second-order valence-electron chi connectivity index (χ2n) is 4.66. The quantitative estimate of drug-likeness (QED) is 0.905. The highest BCUT2D eigenvalue weighted by Gasteiger charge is 2.08. The lowest BCUT2D eigenvalue weighted by atomic mass is 10.1. The van der Waals surface area contributed by atoms with E-state index in [1.165, 1.54) is 5.56 Å². The summed E-state index contributed by atoms with van der Waals surface area (Å²) in [4.78, 5) is 4.26. The molecule has 4 nitrogen and oxygen atoms in total. The van der Waals surface area contributed by atoms with Crippen molar-refractivity contribution in [3.8, 4) is 17.4 Å². The van der Waals surface area contributed by atoms with Gasteiger partial charge in [0.25, 0.3) is 0 Å². The first-order chi connectivity index (χ1) is 9.63. The number of rotatable bonds is 5. The van der Waals surface area contributed by atoms with Gasteiger partial charge in [0.2, 0.25) is 5.88 Å². The van der Waals surface area contributed by atoms with Crippen LogP contribution >= 0.6 is 0 Å². The second kappa shape index (κ2) is 6.39. The molecule has 20 heavy (non-hydrogen) atoms. The van der Waals surface area contributed by atoms with Crippen LogP contribution in [0.1, 0.15) is 31.0 Å². The van der Waals surface area contributed by atoms with Crippen LogP contribution in [-0.4, -0.2) is 12.1 Å². The molecule has 2 N–H and O–H groups in total. The Balaban J connectivity index is 2.20. The maximum absolute atomic E-state index is 5.79. The minimum atomic E-state index is -0.0325. The number of methoxy groups -OCH3 is 1. The minimum Gasteiger partial charge on any atom is -0.493 e. The number of benzene rings is 1. The van der Waals surface area contributed by atoms with E-state index in [1.807, 2.05) is 37.3 Å². The largest absolute Gasteiger partial charge is 0.493 e. The van der Waals surface area contributed by atoms with E-state index in [-0.39, 0.29) is 6.04 Å². The highest BCUT2D eigenvalue weighted by Crippen LogP contribution is 2.31.